The molecule has 1 heterocycles. The molecule has 18 heavy (non-hydrogen) atoms. The van der Waals surface area contributed by atoms with Crippen LogP contribution in [-0.2, 0) is 5.75 Å². The lowest BCUT2D eigenvalue weighted by Gasteiger charge is -2.04. The van der Waals surface area contributed by atoms with Crippen LogP contribution in [0.5, 0.6) is 5.75 Å². The second-order valence-electron chi connectivity index (χ2n) is 3.50. The Morgan fingerprint density at radius 1 is 1.33 bits per heavy atom. The largest absolute Gasteiger partial charge is 0.497 e. The first-order valence-electron chi connectivity index (χ1n) is 5.36. The number of aromatic nitrogens is 2. The number of nitrogens with zero attached hydrogens (tertiary/aromatic N) is 2. The third-order valence-corrected chi connectivity index (χ3v) is 3.31. The lowest BCUT2D eigenvalue weighted by Crippen LogP contribution is -2.08. The number of rotatable bonds is 5. The third kappa shape index (κ3) is 3.35. The number of thioether (sulfide) groups is 1. The van der Waals surface area contributed by atoms with E-state index in [2.05, 4.69) is 15.4 Å². The fourth-order valence-electron chi connectivity index (χ4n) is 1.35. The minimum Gasteiger partial charge on any atom is -0.497 e. The Hall–Kier alpha value is -1.79. The summed E-state index contributed by atoms with van der Waals surface area (Å²) in [5.41, 5.74) is 3.35. The zero-order valence-corrected chi connectivity index (χ0v) is 10.8. The summed E-state index contributed by atoms with van der Waals surface area (Å²) in [7, 11) is 1.66. The van der Waals surface area contributed by atoms with Crippen LogP contribution >= 0.6 is 11.8 Å². The molecule has 0 saturated carbocycles. The van der Waals surface area contributed by atoms with Gasteiger partial charge in [0.1, 0.15) is 5.75 Å². The highest BCUT2D eigenvalue weighted by Crippen LogP contribution is 2.25. The number of nitrogen functional groups attached to an aromatic ring is 1. The van der Waals surface area contributed by atoms with E-state index in [0.29, 0.717) is 5.82 Å². The van der Waals surface area contributed by atoms with Crippen LogP contribution in [0.15, 0.2) is 41.6 Å². The molecule has 0 aliphatic rings. The van der Waals surface area contributed by atoms with Gasteiger partial charge in [0.15, 0.2) is 5.82 Å². The van der Waals surface area contributed by atoms with Crippen molar-refractivity contribution < 1.29 is 4.74 Å². The Kier molecular flexibility index (Phi) is 4.38. The molecular weight excluding hydrogens is 248 g/mol. The van der Waals surface area contributed by atoms with E-state index < -0.39 is 0 Å². The van der Waals surface area contributed by atoms with Gasteiger partial charge in [-0.2, -0.15) is 0 Å². The van der Waals surface area contributed by atoms with Gasteiger partial charge < -0.3 is 10.2 Å². The van der Waals surface area contributed by atoms with Crippen molar-refractivity contribution >= 4 is 17.6 Å². The molecule has 0 bridgehead atoms. The van der Waals surface area contributed by atoms with Gasteiger partial charge in [0.05, 0.1) is 25.2 Å². The number of hydrogen-bond acceptors (Lipinski definition) is 6. The Morgan fingerprint density at radius 3 is 2.89 bits per heavy atom. The van der Waals surface area contributed by atoms with E-state index in [4.69, 9.17) is 10.6 Å². The summed E-state index contributed by atoms with van der Waals surface area (Å²) in [4.78, 5) is 9.49. The maximum Gasteiger partial charge on any atom is 0.158 e. The summed E-state index contributed by atoms with van der Waals surface area (Å²) in [6, 6.07) is 7.92. The summed E-state index contributed by atoms with van der Waals surface area (Å²) in [5, 5.41) is 0. The minimum absolute atomic E-state index is 0.560. The predicted octanol–water partition coefficient (Wildman–Crippen LogP) is 2.06. The molecular formula is C12H14N4OS. The molecule has 0 fully saturated rings. The fourth-order valence-corrected chi connectivity index (χ4v) is 2.19. The molecule has 3 N–H and O–H groups in total. The molecule has 0 saturated heterocycles. The van der Waals surface area contributed by atoms with E-state index in [1.165, 1.54) is 0 Å². The summed E-state index contributed by atoms with van der Waals surface area (Å²) in [5.74, 6) is 7.40. The number of nitrogens with one attached hydrogen (secondary N) is 1. The summed E-state index contributed by atoms with van der Waals surface area (Å²) in [6.07, 6.45) is 3.32. The van der Waals surface area contributed by atoms with E-state index in [0.717, 1.165) is 22.1 Å². The number of ether oxygens (including phenoxy) is 1. The van der Waals surface area contributed by atoms with Crippen LogP contribution in [0.4, 0.5) is 5.82 Å². The molecule has 0 amide bonds. The molecule has 0 spiro atoms. The van der Waals surface area contributed by atoms with E-state index >= 15 is 0 Å². The number of nitrogens with two attached hydrogens (primary N) is 1. The van der Waals surface area contributed by atoms with Crippen molar-refractivity contribution in [3.05, 3.63) is 42.4 Å². The number of methoxy groups -OCH3 is 1. The van der Waals surface area contributed by atoms with Crippen molar-refractivity contribution in [2.24, 2.45) is 5.84 Å². The second-order valence-corrected chi connectivity index (χ2v) is 4.55. The molecule has 2 aromatic rings. The lowest BCUT2D eigenvalue weighted by atomic mass is 10.3. The van der Waals surface area contributed by atoms with Crippen LogP contribution in [0.2, 0.25) is 0 Å². The maximum atomic E-state index is 5.23. The van der Waals surface area contributed by atoms with Crippen LogP contribution < -0.4 is 16.0 Å². The van der Waals surface area contributed by atoms with Crippen molar-refractivity contribution in [3.8, 4) is 5.75 Å². The molecule has 0 aliphatic heterocycles. The molecule has 0 atom stereocenters. The van der Waals surface area contributed by atoms with Gasteiger partial charge in [-0.05, 0) is 18.2 Å². The standard InChI is InChI=1S/C12H14N4OS/c1-17-10-3-2-4-11(5-10)18-8-9-6-15-12(16-13)7-14-9/h2-7H,8,13H2,1H3,(H,15,16). The van der Waals surface area contributed by atoms with Crippen molar-refractivity contribution in [2.45, 2.75) is 10.6 Å². The monoisotopic (exact) mass is 262 g/mol. The Bertz CT molecular complexity index is 504. The van der Waals surface area contributed by atoms with Gasteiger partial charge in [-0.1, -0.05) is 6.07 Å². The predicted molar refractivity (Wildman–Crippen MR) is 72.4 cm³/mol. The highest BCUT2D eigenvalue weighted by molar-refractivity contribution is 7.98. The first kappa shape index (κ1) is 12.7. The summed E-state index contributed by atoms with van der Waals surface area (Å²) in [6.45, 7) is 0. The Labute approximate surface area is 110 Å². The molecule has 1 aromatic carbocycles. The molecule has 1 aromatic heterocycles. The molecule has 0 aliphatic carbocycles. The van der Waals surface area contributed by atoms with Gasteiger partial charge in [-0.3, -0.25) is 4.98 Å². The highest BCUT2D eigenvalue weighted by atomic mass is 32.2. The van der Waals surface area contributed by atoms with Gasteiger partial charge in [0, 0.05) is 10.6 Å². The van der Waals surface area contributed by atoms with E-state index in [9.17, 15) is 0 Å². The third-order valence-electron chi connectivity index (χ3n) is 2.28. The van der Waals surface area contributed by atoms with Crippen LogP contribution in [0, 0.1) is 0 Å². The van der Waals surface area contributed by atoms with Gasteiger partial charge in [0.25, 0.3) is 0 Å². The van der Waals surface area contributed by atoms with Crippen molar-refractivity contribution in [1.82, 2.24) is 9.97 Å². The zero-order valence-electron chi connectivity index (χ0n) is 9.96. The average molecular weight is 262 g/mol. The minimum atomic E-state index is 0.560. The van der Waals surface area contributed by atoms with E-state index in [-0.39, 0.29) is 0 Å². The molecule has 6 heteroatoms. The molecule has 0 radical (unpaired) electrons. The van der Waals surface area contributed by atoms with Crippen LogP contribution in [0.1, 0.15) is 5.69 Å². The van der Waals surface area contributed by atoms with Crippen molar-refractivity contribution in [1.29, 1.82) is 0 Å². The average Bonchev–Trinajstić information content (AvgIpc) is 2.46. The molecule has 5 nitrogen and oxygen atoms in total. The fraction of sp³-hybridized carbons (Fsp3) is 0.167. The molecule has 0 unspecified atom stereocenters. The van der Waals surface area contributed by atoms with Gasteiger partial charge in [-0.15, -0.1) is 11.8 Å². The normalized spacial score (nSPS) is 10.1. The van der Waals surface area contributed by atoms with Crippen molar-refractivity contribution in [2.75, 3.05) is 12.5 Å². The first-order valence-corrected chi connectivity index (χ1v) is 6.35. The zero-order chi connectivity index (χ0) is 12.8. The number of hydrogen-bond donors (Lipinski definition) is 2. The quantitative estimate of drug-likeness (QED) is 0.488. The lowest BCUT2D eigenvalue weighted by molar-refractivity contribution is 0.413. The number of benzene rings is 1. The Balaban J connectivity index is 1.97. The SMILES string of the molecule is COc1cccc(SCc2cnc(NN)cn2)c1. The summed E-state index contributed by atoms with van der Waals surface area (Å²) < 4.78 is 5.17. The highest BCUT2D eigenvalue weighted by Gasteiger charge is 2.00. The van der Waals surface area contributed by atoms with Gasteiger partial charge in [-0.25, -0.2) is 10.8 Å². The first-order chi connectivity index (χ1) is 8.81. The van der Waals surface area contributed by atoms with Crippen LogP contribution in [-0.4, -0.2) is 17.1 Å². The van der Waals surface area contributed by atoms with Gasteiger partial charge >= 0.3 is 0 Å². The van der Waals surface area contributed by atoms with Gasteiger partial charge in [0.2, 0.25) is 0 Å². The maximum absolute atomic E-state index is 5.23. The molecule has 94 valence electrons. The number of anilines is 1. The Morgan fingerprint density at radius 2 is 2.22 bits per heavy atom. The second kappa shape index (κ2) is 6.23. The smallest absolute Gasteiger partial charge is 0.158 e. The molecule has 2 rings (SSSR count). The topological polar surface area (TPSA) is 73.1 Å². The number of hydrazine groups is 1. The van der Waals surface area contributed by atoms with E-state index in [1.54, 1.807) is 31.3 Å². The van der Waals surface area contributed by atoms with Crippen LogP contribution in [0.3, 0.4) is 0 Å². The van der Waals surface area contributed by atoms with Crippen molar-refractivity contribution in [3.63, 3.8) is 0 Å². The van der Waals surface area contributed by atoms with E-state index in [1.807, 2.05) is 24.3 Å². The van der Waals surface area contributed by atoms with Crippen LogP contribution in [0.25, 0.3) is 0 Å². The summed E-state index contributed by atoms with van der Waals surface area (Å²) >= 11 is 1.68.